The Balaban J connectivity index is 1.75. The highest BCUT2D eigenvalue weighted by Crippen LogP contribution is 2.24. The van der Waals surface area contributed by atoms with Gasteiger partial charge in [0.15, 0.2) is 0 Å². The van der Waals surface area contributed by atoms with Gasteiger partial charge >= 0.3 is 5.97 Å². The molecule has 0 unspecified atom stereocenters. The van der Waals surface area contributed by atoms with E-state index >= 15 is 0 Å². The molecule has 0 saturated carbocycles. The minimum atomic E-state index is -0.571. The van der Waals surface area contributed by atoms with Crippen molar-refractivity contribution >= 4 is 17.8 Å². The monoisotopic (exact) mass is 351 g/mol. The number of hydrogen-bond donors (Lipinski definition) is 0. The van der Waals surface area contributed by atoms with Crippen molar-refractivity contribution in [2.45, 2.75) is 6.61 Å². The molecular weight excluding hydrogens is 334 g/mol. The van der Waals surface area contributed by atoms with E-state index in [1.54, 1.807) is 25.3 Å². The van der Waals surface area contributed by atoms with E-state index in [9.17, 15) is 14.4 Å². The molecular formula is C20H17NO5. The average Bonchev–Trinajstić information content (AvgIpc) is 2.91. The Labute approximate surface area is 150 Å². The van der Waals surface area contributed by atoms with Crippen LogP contribution in [-0.4, -0.2) is 36.3 Å². The van der Waals surface area contributed by atoms with Gasteiger partial charge in [-0.3, -0.25) is 14.5 Å². The predicted octanol–water partition coefficient (Wildman–Crippen LogP) is 2.83. The second-order valence-electron chi connectivity index (χ2n) is 5.70. The minimum Gasteiger partial charge on any atom is -0.497 e. The highest BCUT2D eigenvalue weighted by atomic mass is 16.5. The first kappa shape index (κ1) is 17.4. The molecule has 26 heavy (non-hydrogen) atoms. The normalized spacial score (nSPS) is 12.7. The Morgan fingerprint density at radius 2 is 1.88 bits per heavy atom. The van der Waals surface area contributed by atoms with Gasteiger partial charge in [-0.15, -0.1) is 6.58 Å². The number of amides is 2. The van der Waals surface area contributed by atoms with E-state index in [0.29, 0.717) is 5.75 Å². The molecule has 0 bridgehead atoms. The number of fused-ring (bicyclic) bond motifs is 1. The summed E-state index contributed by atoms with van der Waals surface area (Å²) in [5, 5.41) is 0. The molecule has 2 amide bonds. The standard InChI is InChI=1S/C20H17NO5/c1-3-9-21-18(22)16-8-7-14(11-17(16)19(21)23)20(24)26-12-13-5-4-6-15(10-13)25-2/h3-8,10-11H,1,9,12H2,2H3. The van der Waals surface area contributed by atoms with Crippen LogP contribution >= 0.6 is 0 Å². The van der Waals surface area contributed by atoms with Crippen LogP contribution in [-0.2, 0) is 11.3 Å². The number of rotatable bonds is 6. The van der Waals surface area contributed by atoms with Gasteiger partial charge < -0.3 is 9.47 Å². The lowest BCUT2D eigenvalue weighted by molar-refractivity contribution is 0.0472. The van der Waals surface area contributed by atoms with Crippen molar-refractivity contribution in [3.63, 3.8) is 0 Å². The highest BCUT2D eigenvalue weighted by molar-refractivity contribution is 6.22. The van der Waals surface area contributed by atoms with Crippen molar-refractivity contribution in [2.24, 2.45) is 0 Å². The first-order chi connectivity index (χ1) is 12.5. The Kier molecular flexibility index (Phi) is 4.84. The van der Waals surface area contributed by atoms with E-state index in [2.05, 4.69) is 6.58 Å². The molecule has 0 N–H and O–H groups in total. The summed E-state index contributed by atoms with van der Waals surface area (Å²) in [5.74, 6) is -0.728. The lowest BCUT2D eigenvalue weighted by Gasteiger charge is -2.09. The zero-order valence-corrected chi connectivity index (χ0v) is 14.2. The van der Waals surface area contributed by atoms with Crippen molar-refractivity contribution in [1.29, 1.82) is 0 Å². The maximum absolute atomic E-state index is 12.3. The van der Waals surface area contributed by atoms with Crippen LogP contribution in [0.4, 0.5) is 0 Å². The summed E-state index contributed by atoms with van der Waals surface area (Å²) < 4.78 is 10.4. The third-order valence-electron chi connectivity index (χ3n) is 4.02. The molecule has 2 aromatic rings. The molecule has 0 fully saturated rings. The Morgan fingerprint density at radius 1 is 1.12 bits per heavy atom. The van der Waals surface area contributed by atoms with E-state index in [1.807, 2.05) is 6.07 Å². The van der Waals surface area contributed by atoms with Crippen LogP contribution in [0.2, 0.25) is 0 Å². The summed E-state index contributed by atoms with van der Waals surface area (Å²) in [7, 11) is 1.56. The number of nitrogens with zero attached hydrogens (tertiary/aromatic N) is 1. The third-order valence-corrected chi connectivity index (χ3v) is 4.02. The van der Waals surface area contributed by atoms with E-state index < -0.39 is 11.9 Å². The van der Waals surface area contributed by atoms with E-state index in [1.165, 1.54) is 24.3 Å². The summed E-state index contributed by atoms with van der Waals surface area (Å²) in [4.78, 5) is 37.9. The van der Waals surface area contributed by atoms with Gasteiger partial charge in [-0.2, -0.15) is 0 Å². The van der Waals surface area contributed by atoms with Crippen molar-refractivity contribution in [1.82, 2.24) is 4.90 Å². The molecule has 6 heteroatoms. The molecule has 0 aliphatic carbocycles. The number of carbonyl (C=O) groups is 3. The second kappa shape index (κ2) is 7.23. The van der Waals surface area contributed by atoms with Crippen LogP contribution in [0.1, 0.15) is 36.6 Å². The van der Waals surface area contributed by atoms with Gasteiger partial charge in [-0.1, -0.05) is 18.2 Å². The van der Waals surface area contributed by atoms with Gasteiger partial charge in [0, 0.05) is 6.54 Å². The van der Waals surface area contributed by atoms with Gasteiger partial charge in [0.2, 0.25) is 0 Å². The number of methoxy groups -OCH3 is 1. The zero-order chi connectivity index (χ0) is 18.7. The average molecular weight is 351 g/mol. The SMILES string of the molecule is C=CCN1C(=O)c2ccc(C(=O)OCc3cccc(OC)c3)cc2C1=O. The van der Waals surface area contributed by atoms with Gasteiger partial charge in [0.25, 0.3) is 11.8 Å². The maximum Gasteiger partial charge on any atom is 0.338 e. The molecule has 0 saturated heterocycles. The van der Waals surface area contributed by atoms with Crippen molar-refractivity contribution in [3.8, 4) is 5.75 Å². The van der Waals surface area contributed by atoms with E-state index in [-0.39, 0.29) is 35.7 Å². The molecule has 6 nitrogen and oxygen atoms in total. The summed E-state index contributed by atoms with van der Waals surface area (Å²) in [6.07, 6.45) is 1.48. The highest BCUT2D eigenvalue weighted by Gasteiger charge is 2.35. The molecule has 0 radical (unpaired) electrons. The molecule has 0 aromatic heterocycles. The van der Waals surface area contributed by atoms with Crippen molar-refractivity contribution in [3.05, 3.63) is 77.4 Å². The molecule has 1 aliphatic heterocycles. The molecule has 1 heterocycles. The fourth-order valence-electron chi connectivity index (χ4n) is 2.71. The Morgan fingerprint density at radius 3 is 2.62 bits per heavy atom. The smallest absolute Gasteiger partial charge is 0.338 e. The number of imide groups is 1. The number of esters is 1. The van der Waals surface area contributed by atoms with Crippen LogP contribution < -0.4 is 4.74 Å². The molecule has 2 aromatic carbocycles. The van der Waals surface area contributed by atoms with Gasteiger partial charge in [-0.05, 0) is 35.9 Å². The summed E-state index contributed by atoms with van der Waals surface area (Å²) >= 11 is 0. The molecule has 0 atom stereocenters. The van der Waals surface area contributed by atoms with Gasteiger partial charge in [-0.25, -0.2) is 4.79 Å². The second-order valence-corrected chi connectivity index (χ2v) is 5.70. The lowest BCUT2D eigenvalue weighted by atomic mass is 10.1. The lowest BCUT2D eigenvalue weighted by Crippen LogP contribution is -2.29. The predicted molar refractivity (Wildman–Crippen MR) is 94.1 cm³/mol. The fourth-order valence-corrected chi connectivity index (χ4v) is 2.71. The van der Waals surface area contributed by atoms with Crippen LogP contribution in [0.3, 0.4) is 0 Å². The van der Waals surface area contributed by atoms with E-state index in [4.69, 9.17) is 9.47 Å². The number of carbonyl (C=O) groups excluding carboxylic acids is 3. The van der Waals surface area contributed by atoms with Gasteiger partial charge in [0.1, 0.15) is 12.4 Å². The third kappa shape index (κ3) is 3.21. The van der Waals surface area contributed by atoms with Crippen LogP contribution in [0.25, 0.3) is 0 Å². The largest absolute Gasteiger partial charge is 0.497 e. The number of benzene rings is 2. The van der Waals surface area contributed by atoms with Crippen LogP contribution in [0.5, 0.6) is 5.75 Å². The van der Waals surface area contributed by atoms with Crippen molar-refractivity contribution < 1.29 is 23.9 Å². The quantitative estimate of drug-likeness (QED) is 0.455. The first-order valence-corrected chi connectivity index (χ1v) is 7.96. The number of ether oxygens (including phenoxy) is 2. The zero-order valence-electron chi connectivity index (χ0n) is 14.2. The van der Waals surface area contributed by atoms with Gasteiger partial charge in [0.05, 0.1) is 23.8 Å². The molecule has 132 valence electrons. The van der Waals surface area contributed by atoms with Crippen LogP contribution in [0, 0.1) is 0 Å². The molecule has 1 aliphatic rings. The van der Waals surface area contributed by atoms with Crippen molar-refractivity contribution in [2.75, 3.05) is 13.7 Å². The summed E-state index contributed by atoms with van der Waals surface area (Å²) in [6.45, 7) is 3.74. The first-order valence-electron chi connectivity index (χ1n) is 7.96. The molecule has 3 rings (SSSR count). The fraction of sp³-hybridized carbons (Fsp3) is 0.150. The maximum atomic E-state index is 12.3. The van der Waals surface area contributed by atoms with Crippen LogP contribution in [0.15, 0.2) is 55.1 Å². The molecule has 0 spiro atoms. The van der Waals surface area contributed by atoms with E-state index in [0.717, 1.165) is 10.5 Å². The Bertz CT molecular complexity index is 903. The minimum absolute atomic E-state index is 0.0720. The topological polar surface area (TPSA) is 72.9 Å². The Hall–Kier alpha value is -3.41. The summed E-state index contributed by atoms with van der Waals surface area (Å²) in [6, 6.07) is 11.5. The number of hydrogen-bond acceptors (Lipinski definition) is 5. The summed E-state index contributed by atoms with van der Waals surface area (Å²) in [5.41, 5.74) is 1.48.